The topological polar surface area (TPSA) is 142 Å². The van der Waals surface area contributed by atoms with Crippen LogP contribution >= 0.6 is 0 Å². The first-order valence-corrected chi connectivity index (χ1v) is 20.7. The first kappa shape index (κ1) is 36.1. The molecule has 2 N–H and O–H groups in total. The predicted octanol–water partition coefficient (Wildman–Crippen LogP) is 6.50. The standard InChI is InChI=1S/C40H41FN4O7Si/c1-25-37(53(2,3)41)35(21-36(47)43-23-29-12-8-7-11-28(29)19-32(43)24-46)52-40(25)33-20-31(45(50)51)17-18-34(33)44(39(40)49)22-26-13-15-30(16-14-26)42-38(48)27-9-5-4-6-10-27/h4-18,20,25,32,35,37,46H,19,21-24H2,1-3H3,(H,42,48)/t25-,32+,35+,37-,40+/m1/s1. The molecule has 1 spiro atoms. The van der Waals surface area contributed by atoms with Gasteiger partial charge in [-0.25, -0.2) is 0 Å². The van der Waals surface area contributed by atoms with E-state index in [0.717, 1.165) is 11.1 Å². The maximum atomic E-state index is 16.5. The number of carbonyl (C=O) groups is 3. The summed E-state index contributed by atoms with van der Waals surface area (Å²) in [4.78, 5) is 56.2. The maximum Gasteiger partial charge on any atom is 0.269 e. The van der Waals surface area contributed by atoms with Gasteiger partial charge in [0.2, 0.25) is 14.3 Å². The van der Waals surface area contributed by atoms with Gasteiger partial charge in [-0.3, -0.25) is 24.5 Å². The zero-order chi connectivity index (χ0) is 37.7. The molecule has 0 bridgehead atoms. The van der Waals surface area contributed by atoms with Crippen LogP contribution < -0.4 is 10.2 Å². The summed E-state index contributed by atoms with van der Waals surface area (Å²) in [6, 6.07) is 27.3. The lowest BCUT2D eigenvalue weighted by Gasteiger charge is -2.37. The van der Waals surface area contributed by atoms with Crippen LogP contribution in [-0.4, -0.2) is 59.8 Å². The van der Waals surface area contributed by atoms with E-state index in [1.165, 1.54) is 36.2 Å². The lowest BCUT2D eigenvalue weighted by molar-refractivity contribution is -0.385. The molecule has 7 rings (SSSR count). The highest BCUT2D eigenvalue weighted by Crippen LogP contribution is 2.60. The summed E-state index contributed by atoms with van der Waals surface area (Å²) in [5, 5.41) is 25.1. The van der Waals surface area contributed by atoms with Crippen molar-refractivity contribution in [2.45, 2.75) is 69.2 Å². The van der Waals surface area contributed by atoms with E-state index in [1.807, 2.05) is 30.3 Å². The minimum absolute atomic E-state index is 0.0739. The minimum atomic E-state index is -3.65. The van der Waals surface area contributed by atoms with Crippen molar-refractivity contribution in [2.24, 2.45) is 5.92 Å². The molecule has 3 aliphatic rings. The number of non-ortho nitro benzene ring substituents is 1. The van der Waals surface area contributed by atoms with Gasteiger partial charge < -0.3 is 29.1 Å². The Labute approximate surface area is 307 Å². The molecule has 3 heterocycles. The number of benzene rings is 4. The monoisotopic (exact) mass is 736 g/mol. The Morgan fingerprint density at radius 1 is 1.02 bits per heavy atom. The first-order valence-electron chi connectivity index (χ1n) is 17.7. The fourth-order valence-electron chi connectivity index (χ4n) is 8.51. The van der Waals surface area contributed by atoms with Crippen molar-refractivity contribution in [2.75, 3.05) is 16.8 Å². The molecule has 0 aliphatic carbocycles. The molecule has 53 heavy (non-hydrogen) atoms. The van der Waals surface area contributed by atoms with Crippen LogP contribution in [0.1, 0.15) is 46.0 Å². The highest BCUT2D eigenvalue weighted by Gasteiger charge is 2.67. The quantitative estimate of drug-likeness (QED) is 0.0865. The lowest BCUT2D eigenvalue weighted by Crippen LogP contribution is -2.48. The fraction of sp³-hybridized carbons (Fsp3) is 0.325. The van der Waals surface area contributed by atoms with Gasteiger partial charge in [0.15, 0.2) is 5.60 Å². The van der Waals surface area contributed by atoms with Gasteiger partial charge >= 0.3 is 0 Å². The van der Waals surface area contributed by atoms with E-state index in [2.05, 4.69) is 5.32 Å². The fourth-order valence-corrected chi connectivity index (χ4v) is 11.0. The van der Waals surface area contributed by atoms with Crippen LogP contribution in [0.5, 0.6) is 0 Å². The molecule has 5 atom stereocenters. The van der Waals surface area contributed by atoms with Crippen LogP contribution in [0, 0.1) is 16.0 Å². The number of amides is 3. The van der Waals surface area contributed by atoms with Gasteiger partial charge in [0.1, 0.15) is 0 Å². The molecule has 4 aromatic rings. The molecule has 11 nitrogen and oxygen atoms in total. The van der Waals surface area contributed by atoms with Crippen LogP contribution in [0.2, 0.25) is 18.6 Å². The number of rotatable bonds is 9. The Morgan fingerprint density at radius 2 is 1.70 bits per heavy atom. The summed E-state index contributed by atoms with van der Waals surface area (Å²) in [7, 11) is -3.65. The smallest absolute Gasteiger partial charge is 0.269 e. The molecule has 13 heteroatoms. The summed E-state index contributed by atoms with van der Waals surface area (Å²) in [5.41, 5.74) is 1.66. The number of carbonyl (C=O) groups excluding carboxylic acids is 3. The molecule has 0 radical (unpaired) electrons. The third-order valence-corrected chi connectivity index (χ3v) is 13.5. The highest BCUT2D eigenvalue weighted by atomic mass is 28.4. The third kappa shape index (κ3) is 6.53. The molecular formula is C40H41FN4O7Si. The van der Waals surface area contributed by atoms with Crippen LogP contribution in [0.15, 0.2) is 97.1 Å². The Kier molecular flexibility index (Phi) is 9.51. The predicted molar refractivity (Wildman–Crippen MR) is 199 cm³/mol. The van der Waals surface area contributed by atoms with Crippen LogP contribution in [0.4, 0.5) is 21.2 Å². The van der Waals surface area contributed by atoms with Crippen molar-refractivity contribution in [3.63, 3.8) is 0 Å². The van der Waals surface area contributed by atoms with E-state index in [1.54, 1.807) is 60.4 Å². The van der Waals surface area contributed by atoms with Gasteiger partial charge in [-0.2, -0.15) is 0 Å². The number of nitro groups is 1. The second kappa shape index (κ2) is 14.0. The van der Waals surface area contributed by atoms with Gasteiger partial charge in [0.25, 0.3) is 17.5 Å². The number of halogens is 1. The SMILES string of the molecule is C[C@@H]1[C@@H]([Si](C)(C)F)[C@H](CC(=O)N2Cc3ccccc3C[C@H]2CO)O[C@@]12C(=O)N(Cc1ccc(NC(=O)c3ccccc3)cc1)c1ccc([N+](=O)[O-])cc12. The van der Waals surface area contributed by atoms with Crippen LogP contribution in [0.3, 0.4) is 0 Å². The average Bonchev–Trinajstić information content (AvgIpc) is 3.57. The van der Waals surface area contributed by atoms with E-state index >= 15 is 4.11 Å². The number of hydrogen-bond donors (Lipinski definition) is 2. The Morgan fingerprint density at radius 3 is 2.36 bits per heavy atom. The number of nitro benzene ring substituents is 1. The van der Waals surface area contributed by atoms with Crippen molar-refractivity contribution < 1.29 is 33.3 Å². The second-order valence-electron chi connectivity index (χ2n) is 14.7. The van der Waals surface area contributed by atoms with Crippen molar-refractivity contribution in [3.05, 3.63) is 135 Å². The molecular weight excluding hydrogens is 696 g/mol. The number of nitrogens with zero attached hydrogens (tertiary/aromatic N) is 3. The number of anilines is 2. The molecule has 3 aliphatic heterocycles. The number of ether oxygens (including phenoxy) is 1. The van der Waals surface area contributed by atoms with E-state index in [0.29, 0.717) is 28.9 Å². The van der Waals surface area contributed by atoms with Gasteiger partial charge in [-0.15, -0.1) is 0 Å². The van der Waals surface area contributed by atoms with Crippen LogP contribution in [0.25, 0.3) is 0 Å². The van der Waals surface area contributed by atoms with Gasteiger partial charge in [-0.1, -0.05) is 61.5 Å². The summed E-state index contributed by atoms with van der Waals surface area (Å²) >= 11 is 0. The van der Waals surface area contributed by atoms with Gasteiger partial charge in [-0.05, 0) is 66.5 Å². The summed E-state index contributed by atoms with van der Waals surface area (Å²) < 4.78 is 23.2. The molecule has 1 saturated heterocycles. The largest absolute Gasteiger partial charge is 0.394 e. The van der Waals surface area contributed by atoms with Gasteiger partial charge in [0.05, 0.1) is 42.3 Å². The molecule has 1 fully saturated rings. The first-order chi connectivity index (χ1) is 25.3. The molecule has 3 amide bonds. The molecule has 0 aromatic heterocycles. The van der Waals surface area contributed by atoms with E-state index in [-0.39, 0.29) is 49.2 Å². The molecule has 4 aromatic carbocycles. The summed E-state index contributed by atoms with van der Waals surface area (Å²) in [6.07, 6.45) is -0.741. The van der Waals surface area contributed by atoms with Crippen molar-refractivity contribution in [1.29, 1.82) is 0 Å². The molecule has 0 saturated carbocycles. The third-order valence-electron chi connectivity index (χ3n) is 11.0. The number of nitrogens with one attached hydrogen (secondary N) is 1. The van der Waals surface area contributed by atoms with Crippen molar-refractivity contribution in [1.82, 2.24) is 4.90 Å². The molecule has 0 unspecified atom stereocenters. The number of aliphatic hydroxyl groups excluding tert-OH is 1. The number of fused-ring (bicyclic) bond motifs is 3. The number of hydrogen-bond acceptors (Lipinski definition) is 7. The van der Waals surface area contributed by atoms with E-state index in [4.69, 9.17) is 4.74 Å². The average molecular weight is 737 g/mol. The normalized spacial score (nSPS) is 23.5. The zero-order valence-electron chi connectivity index (χ0n) is 29.7. The number of aliphatic hydroxyl groups is 1. The Bertz CT molecular complexity index is 2080. The maximum absolute atomic E-state index is 16.5. The minimum Gasteiger partial charge on any atom is -0.394 e. The molecule has 274 valence electrons. The van der Waals surface area contributed by atoms with Crippen molar-refractivity contribution in [3.8, 4) is 0 Å². The zero-order valence-corrected chi connectivity index (χ0v) is 30.7. The Balaban J connectivity index is 1.19. The van der Waals surface area contributed by atoms with Crippen LogP contribution in [-0.2, 0) is 39.4 Å². The second-order valence-corrected chi connectivity index (χ2v) is 18.5. The van der Waals surface area contributed by atoms with E-state index in [9.17, 15) is 29.6 Å². The lowest BCUT2D eigenvalue weighted by atomic mass is 9.82. The van der Waals surface area contributed by atoms with E-state index < -0.39 is 48.4 Å². The Hall–Kier alpha value is -5.24. The summed E-state index contributed by atoms with van der Waals surface area (Å²) in [6.45, 7) is 4.92. The van der Waals surface area contributed by atoms with Crippen molar-refractivity contribution >= 4 is 43.2 Å². The summed E-state index contributed by atoms with van der Waals surface area (Å²) in [5.74, 6) is -1.84. The highest BCUT2D eigenvalue weighted by molar-refractivity contribution is 6.72. The van der Waals surface area contributed by atoms with Gasteiger partial charge in [0, 0.05) is 47.0 Å².